The first-order valence-corrected chi connectivity index (χ1v) is 6.38. The molecule has 1 fully saturated rings. The molecule has 0 bridgehead atoms. The Hall–Kier alpha value is -0.0300. The molecule has 0 aromatic carbocycles. The number of carbonyl (C=O) groups is 1. The summed E-state index contributed by atoms with van der Waals surface area (Å²) in [5, 5.41) is 6.38. The summed E-state index contributed by atoms with van der Waals surface area (Å²) in [6, 6.07) is 0. The molecule has 1 rings (SSSR count). The Labute approximate surface area is 123 Å². The standard InChI is InChI=1S/C12H25N3O.2ClH/c1-3-7-15(2)10-12(16)14-9-11-5-4-6-13-8-11;;/h11,13H,3-10H2,1-2H3,(H,14,16);2*1H. The first kappa shape index (κ1) is 20.3. The number of hydrogen-bond acceptors (Lipinski definition) is 3. The van der Waals surface area contributed by atoms with Crippen molar-refractivity contribution in [2.45, 2.75) is 26.2 Å². The zero-order chi connectivity index (χ0) is 11.8. The van der Waals surface area contributed by atoms with Crippen molar-refractivity contribution < 1.29 is 4.79 Å². The van der Waals surface area contributed by atoms with Crippen LogP contribution >= 0.6 is 24.8 Å². The summed E-state index contributed by atoms with van der Waals surface area (Å²) in [4.78, 5) is 13.7. The van der Waals surface area contributed by atoms with E-state index in [9.17, 15) is 4.79 Å². The molecule has 0 aromatic rings. The van der Waals surface area contributed by atoms with Gasteiger partial charge in [0.1, 0.15) is 0 Å². The molecule has 0 aliphatic carbocycles. The van der Waals surface area contributed by atoms with Gasteiger partial charge in [0.2, 0.25) is 5.91 Å². The first-order valence-electron chi connectivity index (χ1n) is 6.38. The molecule has 1 aliphatic heterocycles. The Bertz CT molecular complexity index is 211. The number of piperidine rings is 1. The normalized spacial score (nSPS) is 18.7. The summed E-state index contributed by atoms with van der Waals surface area (Å²) in [7, 11) is 1.99. The highest BCUT2D eigenvalue weighted by molar-refractivity contribution is 5.85. The van der Waals surface area contributed by atoms with Gasteiger partial charge in [-0.15, -0.1) is 24.8 Å². The van der Waals surface area contributed by atoms with Crippen molar-refractivity contribution in [3.05, 3.63) is 0 Å². The molecule has 0 radical (unpaired) electrons. The SMILES string of the molecule is CCCN(C)CC(=O)NCC1CCCNC1.Cl.Cl. The van der Waals surface area contributed by atoms with Crippen molar-refractivity contribution in [2.75, 3.05) is 39.8 Å². The lowest BCUT2D eigenvalue weighted by Crippen LogP contribution is -2.41. The van der Waals surface area contributed by atoms with E-state index >= 15 is 0 Å². The van der Waals surface area contributed by atoms with Crippen molar-refractivity contribution in [1.29, 1.82) is 0 Å². The average molecular weight is 300 g/mol. The molecule has 6 heteroatoms. The van der Waals surface area contributed by atoms with Gasteiger partial charge in [0, 0.05) is 6.54 Å². The Morgan fingerprint density at radius 3 is 2.72 bits per heavy atom. The minimum absolute atomic E-state index is 0. The van der Waals surface area contributed by atoms with E-state index in [0.717, 1.165) is 32.6 Å². The van der Waals surface area contributed by atoms with Gasteiger partial charge in [0.25, 0.3) is 0 Å². The lowest BCUT2D eigenvalue weighted by atomic mass is 10.00. The smallest absolute Gasteiger partial charge is 0.234 e. The molecule has 1 atom stereocenters. The Kier molecular flexibility index (Phi) is 13.6. The Morgan fingerprint density at radius 1 is 1.44 bits per heavy atom. The largest absolute Gasteiger partial charge is 0.355 e. The van der Waals surface area contributed by atoms with Crippen LogP contribution in [0, 0.1) is 5.92 Å². The van der Waals surface area contributed by atoms with Crippen LogP contribution in [0.1, 0.15) is 26.2 Å². The molecule has 18 heavy (non-hydrogen) atoms. The van der Waals surface area contributed by atoms with E-state index in [1.54, 1.807) is 0 Å². The van der Waals surface area contributed by atoms with Gasteiger partial charge < -0.3 is 10.6 Å². The lowest BCUT2D eigenvalue weighted by molar-refractivity contribution is -0.122. The fraction of sp³-hybridized carbons (Fsp3) is 0.917. The van der Waals surface area contributed by atoms with E-state index in [2.05, 4.69) is 22.5 Å². The fourth-order valence-electron chi connectivity index (χ4n) is 2.12. The number of nitrogens with zero attached hydrogens (tertiary/aromatic N) is 1. The first-order chi connectivity index (χ1) is 7.72. The summed E-state index contributed by atoms with van der Waals surface area (Å²) in [5.74, 6) is 0.774. The molecule has 1 aliphatic rings. The minimum atomic E-state index is 0. The molecule has 1 saturated heterocycles. The minimum Gasteiger partial charge on any atom is -0.355 e. The summed E-state index contributed by atoms with van der Waals surface area (Å²) in [5.41, 5.74) is 0. The predicted octanol–water partition coefficient (Wildman–Crippen LogP) is 1.29. The van der Waals surface area contributed by atoms with Crippen LogP contribution < -0.4 is 10.6 Å². The number of rotatable bonds is 6. The van der Waals surface area contributed by atoms with E-state index in [4.69, 9.17) is 0 Å². The summed E-state index contributed by atoms with van der Waals surface area (Å²) in [6.45, 7) is 6.63. The molecule has 1 heterocycles. The number of amides is 1. The van der Waals surface area contributed by atoms with Crippen LogP contribution in [0.4, 0.5) is 0 Å². The molecule has 0 spiro atoms. The maximum absolute atomic E-state index is 11.6. The average Bonchev–Trinajstić information content (AvgIpc) is 2.28. The van der Waals surface area contributed by atoms with E-state index < -0.39 is 0 Å². The third-order valence-corrected chi connectivity index (χ3v) is 3.01. The van der Waals surface area contributed by atoms with Crippen LogP contribution in [-0.2, 0) is 4.79 Å². The molecule has 2 N–H and O–H groups in total. The van der Waals surface area contributed by atoms with Gasteiger partial charge in [-0.1, -0.05) is 6.92 Å². The number of hydrogen-bond donors (Lipinski definition) is 2. The molecule has 1 amide bonds. The number of carbonyl (C=O) groups excluding carboxylic acids is 1. The van der Waals surface area contributed by atoms with Crippen LogP contribution in [-0.4, -0.2) is 50.6 Å². The molecule has 0 aromatic heterocycles. The van der Waals surface area contributed by atoms with Gasteiger partial charge in [0.05, 0.1) is 6.54 Å². The Morgan fingerprint density at radius 2 is 2.17 bits per heavy atom. The summed E-state index contributed by atoms with van der Waals surface area (Å²) < 4.78 is 0. The van der Waals surface area contributed by atoms with Crippen molar-refractivity contribution in [3.8, 4) is 0 Å². The second-order valence-electron chi connectivity index (χ2n) is 4.75. The van der Waals surface area contributed by atoms with Crippen LogP contribution in [0.3, 0.4) is 0 Å². The monoisotopic (exact) mass is 299 g/mol. The van der Waals surface area contributed by atoms with Crippen LogP contribution in [0.15, 0.2) is 0 Å². The molecule has 110 valence electrons. The highest BCUT2D eigenvalue weighted by atomic mass is 35.5. The van der Waals surface area contributed by atoms with Gasteiger partial charge in [-0.25, -0.2) is 0 Å². The summed E-state index contributed by atoms with van der Waals surface area (Å²) >= 11 is 0. The number of nitrogens with one attached hydrogen (secondary N) is 2. The van der Waals surface area contributed by atoms with E-state index in [0.29, 0.717) is 12.5 Å². The molecule has 0 saturated carbocycles. The number of halogens is 2. The van der Waals surface area contributed by atoms with Gasteiger partial charge >= 0.3 is 0 Å². The van der Waals surface area contributed by atoms with Crippen molar-refractivity contribution in [3.63, 3.8) is 0 Å². The molecule has 4 nitrogen and oxygen atoms in total. The second-order valence-corrected chi connectivity index (χ2v) is 4.75. The van der Waals surface area contributed by atoms with E-state index in [1.807, 2.05) is 7.05 Å². The van der Waals surface area contributed by atoms with Crippen molar-refractivity contribution in [2.24, 2.45) is 5.92 Å². The van der Waals surface area contributed by atoms with Gasteiger partial charge in [0.15, 0.2) is 0 Å². The topological polar surface area (TPSA) is 44.4 Å². The van der Waals surface area contributed by atoms with E-state index in [1.165, 1.54) is 12.8 Å². The maximum Gasteiger partial charge on any atom is 0.234 e. The zero-order valence-electron chi connectivity index (χ0n) is 11.4. The van der Waals surface area contributed by atoms with Crippen molar-refractivity contribution >= 4 is 30.7 Å². The van der Waals surface area contributed by atoms with Gasteiger partial charge in [-0.2, -0.15) is 0 Å². The predicted molar refractivity (Wildman–Crippen MR) is 80.9 cm³/mol. The quantitative estimate of drug-likeness (QED) is 0.777. The highest BCUT2D eigenvalue weighted by Gasteiger charge is 2.14. The van der Waals surface area contributed by atoms with Gasteiger partial charge in [-0.3, -0.25) is 9.69 Å². The maximum atomic E-state index is 11.6. The number of likely N-dealkylation sites (N-methyl/N-ethyl adjacent to an activating group) is 1. The molecular weight excluding hydrogens is 273 g/mol. The van der Waals surface area contributed by atoms with E-state index in [-0.39, 0.29) is 30.7 Å². The van der Waals surface area contributed by atoms with Crippen LogP contribution in [0.2, 0.25) is 0 Å². The van der Waals surface area contributed by atoms with Gasteiger partial charge in [-0.05, 0) is 51.9 Å². The zero-order valence-corrected chi connectivity index (χ0v) is 13.0. The lowest BCUT2D eigenvalue weighted by Gasteiger charge is -2.23. The Balaban J connectivity index is 0. The fourth-order valence-corrected chi connectivity index (χ4v) is 2.12. The van der Waals surface area contributed by atoms with Crippen LogP contribution in [0.5, 0.6) is 0 Å². The second kappa shape index (κ2) is 12.0. The third-order valence-electron chi connectivity index (χ3n) is 3.01. The third kappa shape index (κ3) is 8.97. The molecular formula is C12H27Cl2N3O. The molecule has 1 unspecified atom stereocenters. The highest BCUT2D eigenvalue weighted by Crippen LogP contribution is 2.07. The van der Waals surface area contributed by atoms with Crippen molar-refractivity contribution in [1.82, 2.24) is 15.5 Å². The van der Waals surface area contributed by atoms with Crippen LogP contribution in [0.25, 0.3) is 0 Å². The summed E-state index contributed by atoms with van der Waals surface area (Å²) in [6.07, 6.45) is 3.56.